The SMILES string of the molecule is CCCCNc1ccc(C(=O)Nc2nc(C3CC3)c(N=O)s2)c(-c2ccccc2)c1. The van der Waals surface area contributed by atoms with Crippen LogP contribution in [0.5, 0.6) is 0 Å². The lowest BCUT2D eigenvalue weighted by Crippen LogP contribution is -2.13. The van der Waals surface area contributed by atoms with Crippen molar-refractivity contribution in [3.05, 3.63) is 64.7 Å². The highest BCUT2D eigenvalue weighted by atomic mass is 32.1. The van der Waals surface area contributed by atoms with Gasteiger partial charge in [-0.2, -0.15) is 0 Å². The van der Waals surface area contributed by atoms with Crippen LogP contribution in [0.3, 0.4) is 0 Å². The Morgan fingerprint density at radius 3 is 2.70 bits per heavy atom. The fraction of sp³-hybridized carbons (Fsp3) is 0.304. The molecule has 30 heavy (non-hydrogen) atoms. The van der Waals surface area contributed by atoms with Crippen molar-refractivity contribution in [1.82, 2.24) is 4.98 Å². The highest BCUT2D eigenvalue weighted by Crippen LogP contribution is 2.47. The molecule has 0 saturated heterocycles. The van der Waals surface area contributed by atoms with E-state index in [2.05, 4.69) is 27.7 Å². The predicted octanol–water partition coefficient (Wildman–Crippen LogP) is 6.55. The van der Waals surface area contributed by atoms with Crippen molar-refractivity contribution in [2.24, 2.45) is 5.18 Å². The maximum atomic E-state index is 13.1. The number of unbranched alkanes of at least 4 members (excludes halogenated alkanes) is 1. The first kappa shape index (κ1) is 20.2. The minimum atomic E-state index is -0.248. The van der Waals surface area contributed by atoms with E-state index < -0.39 is 0 Å². The minimum Gasteiger partial charge on any atom is -0.385 e. The van der Waals surface area contributed by atoms with Crippen LogP contribution in [0.25, 0.3) is 11.1 Å². The fourth-order valence-corrected chi connectivity index (χ4v) is 4.17. The van der Waals surface area contributed by atoms with Gasteiger partial charge in [-0.15, -0.1) is 4.91 Å². The van der Waals surface area contributed by atoms with E-state index in [4.69, 9.17) is 0 Å². The number of thiazole rings is 1. The number of nitroso groups, excluding NO2 is 1. The summed E-state index contributed by atoms with van der Waals surface area (Å²) in [6.07, 6.45) is 4.24. The van der Waals surface area contributed by atoms with Crippen molar-refractivity contribution in [3.8, 4) is 11.1 Å². The second-order valence-electron chi connectivity index (χ2n) is 7.44. The van der Waals surface area contributed by atoms with Crippen LogP contribution >= 0.6 is 11.3 Å². The first-order valence-electron chi connectivity index (χ1n) is 10.3. The second kappa shape index (κ2) is 9.17. The molecular formula is C23H24N4O2S. The van der Waals surface area contributed by atoms with Crippen molar-refractivity contribution < 1.29 is 4.79 Å². The maximum Gasteiger partial charge on any atom is 0.258 e. The van der Waals surface area contributed by atoms with Gasteiger partial charge in [0.15, 0.2) is 10.1 Å². The average molecular weight is 421 g/mol. The first-order valence-corrected chi connectivity index (χ1v) is 11.1. The fourth-order valence-electron chi connectivity index (χ4n) is 3.35. The van der Waals surface area contributed by atoms with E-state index in [9.17, 15) is 9.70 Å². The highest BCUT2D eigenvalue weighted by Gasteiger charge is 2.31. The van der Waals surface area contributed by atoms with Gasteiger partial charge in [-0.1, -0.05) is 55.0 Å². The maximum absolute atomic E-state index is 13.1. The van der Waals surface area contributed by atoms with E-state index in [1.165, 1.54) is 0 Å². The largest absolute Gasteiger partial charge is 0.385 e. The van der Waals surface area contributed by atoms with E-state index in [1.54, 1.807) is 0 Å². The van der Waals surface area contributed by atoms with Crippen LogP contribution in [0.2, 0.25) is 0 Å². The Bertz CT molecular complexity index is 1040. The van der Waals surface area contributed by atoms with Crippen molar-refractivity contribution in [1.29, 1.82) is 0 Å². The topological polar surface area (TPSA) is 83.4 Å². The average Bonchev–Trinajstić information content (AvgIpc) is 3.54. The molecule has 6 nitrogen and oxygen atoms in total. The van der Waals surface area contributed by atoms with E-state index in [0.29, 0.717) is 27.3 Å². The van der Waals surface area contributed by atoms with Crippen LogP contribution in [0.1, 0.15) is 54.6 Å². The number of anilines is 2. The molecule has 2 N–H and O–H groups in total. The monoisotopic (exact) mass is 420 g/mol. The zero-order valence-electron chi connectivity index (χ0n) is 16.9. The lowest BCUT2D eigenvalue weighted by molar-refractivity contribution is 0.102. The highest BCUT2D eigenvalue weighted by molar-refractivity contribution is 7.19. The summed E-state index contributed by atoms with van der Waals surface area (Å²) in [5.74, 6) is 0.0514. The Kier molecular flexibility index (Phi) is 6.18. The number of hydrogen-bond donors (Lipinski definition) is 2. The molecule has 1 heterocycles. The zero-order chi connectivity index (χ0) is 20.9. The van der Waals surface area contributed by atoms with E-state index in [1.807, 2.05) is 48.5 Å². The zero-order valence-corrected chi connectivity index (χ0v) is 17.7. The molecule has 1 aromatic heterocycles. The van der Waals surface area contributed by atoms with Crippen molar-refractivity contribution >= 4 is 33.1 Å². The summed E-state index contributed by atoms with van der Waals surface area (Å²) in [6.45, 7) is 3.05. The lowest BCUT2D eigenvalue weighted by Gasteiger charge is -2.13. The van der Waals surface area contributed by atoms with Gasteiger partial charge in [0.25, 0.3) is 5.91 Å². The number of amides is 1. The molecule has 3 aromatic rings. The molecule has 1 saturated carbocycles. The standard InChI is InChI=1S/C23H24N4O2S/c1-2-3-13-24-17-11-12-18(19(14-17)15-7-5-4-6-8-15)21(28)26-23-25-20(16-9-10-16)22(27-29)30-23/h4-8,11-12,14,16,24H,2-3,9-10,13H2,1H3,(H,25,26,28). The quantitative estimate of drug-likeness (QED) is 0.304. The van der Waals surface area contributed by atoms with Crippen LogP contribution in [0.4, 0.5) is 15.8 Å². The van der Waals surface area contributed by atoms with Crippen LogP contribution in [-0.2, 0) is 0 Å². The summed E-state index contributed by atoms with van der Waals surface area (Å²) in [5, 5.41) is 10.2. The number of carbonyl (C=O) groups is 1. The van der Waals surface area contributed by atoms with Gasteiger partial charge in [0.05, 0.1) is 5.69 Å². The first-order chi connectivity index (χ1) is 14.7. The number of aromatic nitrogens is 1. The van der Waals surface area contributed by atoms with Gasteiger partial charge in [-0.05, 0) is 53.8 Å². The molecule has 0 spiro atoms. The van der Waals surface area contributed by atoms with E-state index in [-0.39, 0.29) is 5.91 Å². The Balaban J connectivity index is 1.62. The van der Waals surface area contributed by atoms with Crippen LogP contribution in [-0.4, -0.2) is 17.4 Å². The molecule has 1 amide bonds. The van der Waals surface area contributed by atoms with Gasteiger partial charge in [0.2, 0.25) is 0 Å². The number of hydrogen-bond acceptors (Lipinski definition) is 6. The molecule has 0 radical (unpaired) electrons. The van der Waals surface area contributed by atoms with Crippen LogP contribution in [0, 0.1) is 4.91 Å². The van der Waals surface area contributed by atoms with Crippen molar-refractivity contribution in [3.63, 3.8) is 0 Å². The molecule has 0 aliphatic heterocycles. The van der Waals surface area contributed by atoms with Gasteiger partial charge < -0.3 is 5.32 Å². The number of benzene rings is 2. The Hall–Kier alpha value is -3.06. The molecule has 1 aliphatic carbocycles. The van der Waals surface area contributed by atoms with Crippen LogP contribution in [0.15, 0.2) is 53.7 Å². The van der Waals surface area contributed by atoms with Crippen LogP contribution < -0.4 is 10.6 Å². The van der Waals surface area contributed by atoms with Gasteiger partial charge >= 0.3 is 0 Å². The van der Waals surface area contributed by atoms with Gasteiger partial charge in [-0.25, -0.2) is 4.98 Å². The Morgan fingerprint density at radius 1 is 1.20 bits per heavy atom. The molecule has 0 bridgehead atoms. The molecule has 154 valence electrons. The molecule has 7 heteroatoms. The molecule has 0 unspecified atom stereocenters. The third kappa shape index (κ3) is 4.57. The molecule has 1 aliphatic rings. The summed E-state index contributed by atoms with van der Waals surface area (Å²) in [4.78, 5) is 28.7. The number of rotatable bonds is 9. The second-order valence-corrected chi connectivity index (χ2v) is 8.41. The molecule has 0 atom stereocenters. The summed E-state index contributed by atoms with van der Waals surface area (Å²) in [6, 6.07) is 15.6. The number of nitrogens with one attached hydrogen (secondary N) is 2. The van der Waals surface area contributed by atoms with Crippen molar-refractivity contribution in [2.75, 3.05) is 17.2 Å². The lowest BCUT2D eigenvalue weighted by atomic mass is 9.98. The summed E-state index contributed by atoms with van der Waals surface area (Å²) >= 11 is 1.13. The molecule has 2 aromatic carbocycles. The molecule has 1 fully saturated rings. The normalized spacial score (nSPS) is 13.1. The Labute approximate surface area is 179 Å². The molecule has 4 rings (SSSR count). The Morgan fingerprint density at radius 2 is 2.00 bits per heavy atom. The number of carbonyl (C=O) groups excluding carboxylic acids is 1. The summed E-state index contributed by atoms with van der Waals surface area (Å²) in [7, 11) is 0. The van der Waals surface area contributed by atoms with Gasteiger partial charge in [0.1, 0.15) is 0 Å². The number of nitrogens with zero attached hydrogens (tertiary/aromatic N) is 2. The third-order valence-electron chi connectivity index (χ3n) is 5.11. The van der Waals surface area contributed by atoms with E-state index in [0.717, 1.165) is 60.4 Å². The van der Waals surface area contributed by atoms with Crippen molar-refractivity contribution in [2.45, 2.75) is 38.5 Å². The van der Waals surface area contributed by atoms with Gasteiger partial charge in [-0.3, -0.25) is 10.1 Å². The predicted molar refractivity (Wildman–Crippen MR) is 123 cm³/mol. The summed E-state index contributed by atoms with van der Waals surface area (Å²) < 4.78 is 0. The third-order valence-corrected chi connectivity index (χ3v) is 5.97. The van der Waals surface area contributed by atoms with Gasteiger partial charge in [0, 0.05) is 23.7 Å². The smallest absolute Gasteiger partial charge is 0.258 e. The molecular weight excluding hydrogens is 396 g/mol. The van der Waals surface area contributed by atoms with E-state index >= 15 is 0 Å². The minimum absolute atomic E-state index is 0.248. The summed E-state index contributed by atoms with van der Waals surface area (Å²) in [5.41, 5.74) is 4.07.